The minimum Gasteiger partial charge on any atom is -0.484 e. The van der Waals surface area contributed by atoms with E-state index in [2.05, 4.69) is 11.4 Å². The van der Waals surface area contributed by atoms with Gasteiger partial charge in [0.15, 0.2) is 6.61 Å². The molecular formula is C21H22N2O3. The predicted molar refractivity (Wildman–Crippen MR) is 101 cm³/mol. The summed E-state index contributed by atoms with van der Waals surface area (Å²) < 4.78 is 5.62. The van der Waals surface area contributed by atoms with Gasteiger partial charge in [-0.2, -0.15) is 0 Å². The maximum Gasteiger partial charge on any atom is 0.262 e. The van der Waals surface area contributed by atoms with E-state index < -0.39 is 0 Å². The van der Waals surface area contributed by atoms with Crippen molar-refractivity contribution in [3.8, 4) is 5.75 Å². The lowest BCUT2D eigenvalue weighted by atomic mass is 10.1. The van der Waals surface area contributed by atoms with Gasteiger partial charge in [0.1, 0.15) is 5.75 Å². The van der Waals surface area contributed by atoms with Gasteiger partial charge in [-0.1, -0.05) is 6.07 Å². The Morgan fingerprint density at radius 3 is 2.58 bits per heavy atom. The summed E-state index contributed by atoms with van der Waals surface area (Å²) in [7, 11) is 0. The van der Waals surface area contributed by atoms with Gasteiger partial charge in [-0.05, 0) is 73.2 Å². The average molecular weight is 350 g/mol. The molecule has 0 spiro atoms. The van der Waals surface area contributed by atoms with Gasteiger partial charge in [0, 0.05) is 24.3 Å². The molecule has 5 heteroatoms. The van der Waals surface area contributed by atoms with Crippen LogP contribution in [0.3, 0.4) is 0 Å². The topological polar surface area (TPSA) is 58.6 Å². The van der Waals surface area contributed by atoms with Crippen LogP contribution in [0.2, 0.25) is 0 Å². The van der Waals surface area contributed by atoms with Crippen LogP contribution in [0.4, 0.5) is 11.4 Å². The molecule has 1 fully saturated rings. The first-order valence-corrected chi connectivity index (χ1v) is 9.14. The first-order chi connectivity index (χ1) is 12.7. The van der Waals surface area contributed by atoms with E-state index in [1.807, 2.05) is 36.4 Å². The summed E-state index contributed by atoms with van der Waals surface area (Å²) in [6.07, 6.45) is 4.92. The second kappa shape index (κ2) is 7.20. The van der Waals surface area contributed by atoms with Gasteiger partial charge in [0.2, 0.25) is 5.91 Å². The standard InChI is InChI=1S/C21H22N2O3/c24-20(14-26-19-11-6-15-3-1-4-16(15)13-19)22-17-7-9-18(10-8-17)23-12-2-5-21(23)25/h6-11,13H,1-5,12,14H2,(H,22,24). The molecule has 26 heavy (non-hydrogen) atoms. The van der Waals surface area contributed by atoms with Gasteiger partial charge in [-0.25, -0.2) is 0 Å². The summed E-state index contributed by atoms with van der Waals surface area (Å²) in [5, 5.41) is 2.83. The van der Waals surface area contributed by atoms with Crippen LogP contribution in [0, 0.1) is 0 Å². The fraction of sp³-hybridized carbons (Fsp3) is 0.333. The number of fused-ring (bicyclic) bond motifs is 1. The molecule has 1 aliphatic carbocycles. The van der Waals surface area contributed by atoms with Crippen LogP contribution < -0.4 is 15.0 Å². The Kier molecular flexibility index (Phi) is 4.61. The van der Waals surface area contributed by atoms with Gasteiger partial charge in [0.05, 0.1) is 0 Å². The molecule has 1 aliphatic heterocycles. The zero-order valence-electron chi connectivity index (χ0n) is 14.7. The van der Waals surface area contributed by atoms with Crippen molar-refractivity contribution in [3.05, 3.63) is 53.6 Å². The maximum absolute atomic E-state index is 12.1. The molecule has 1 N–H and O–H groups in total. The number of nitrogens with one attached hydrogen (secondary N) is 1. The number of amides is 2. The highest BCUT2D eigenvalue weighted by Gasteiger charge is 2.21. The van der Waals surface area contributed by atoms with Gasteiger partial charge in [-0.3, -0.25) is 9.59 Å². The fourth-order valence-electron chi connectivity index (χ4n) is 3.63. The smallest absolute Gasteiger partial charge is 0.262 e. The first kappa shape index (κ1) is 16.6. The highest BCUT2D eigenvalue weighted by molar-refractivity contribution is 5.96. The van der Waals surface area contributed by atoms with Gasteiger partial charge >= 0.3 is 0 Å². The Balaban J connectivity index is 1.31. The van der Waals surface area contributed by atoms with E-state index in [-0.39, 0.29) is 18.4 Å². The molecule has 0 saturated carbocycles. The van der Waals surface area contributed by atoms with E-state index in [1.165, 1.54) is 17.5 Å². The van der Waals surface area contributed by atoms with Crippen LogP contribution in [0.25, 0.3) is 0 Å². The number of nitrogens with zero attached hydrogens (tertiary/aromatic N) is 1. The van der Waals surface area contributed by atoms with E-state index >= 15 is 0 Å². The lowest BCUT2D eigenvalue weighted by Crippen LogP contribution is -2.23. The Bertz CT molecular complexity index is 830. The largest absolute Gasteiger partial charge is 0.484 e. The van der Waals surface area contributed by atoms with Crippen molar-refractivity contribution in [1.82, 2.24) is 0 Å². The summed E-state index contributed by atoms with van der Waals surface area (Å²) in [5.74, 6) is 0.698. The Morgan fingerprint density at radius 1 is 1.00 bits per heavy atom. The minimum absolute atomic E-state index is 0.0227. The number of carbonyl (C=O) groups is 2. The van der Waals surface area contributed by atoms with E-state index in [4.69, 9.17) is 4.74 Å². The molecular weight excluding hydrogens is 328 g/mol. The van der Waals surface area contributed by atoms with Crippen molar-refractivity contribution in [2.24, 2.45) is 0 Å². The van der Waals surface area contributed by atoms with Crippen molar-refractivity contribution in [2.75, 3.05) is 23.4 Å². The Morgan fingerprint density at radius 2 is 1.81 bits per heavy atom. The lowest BCUT2D eigenvalue weighted by Gasteiger charge is -2.16. The number of anilines is 2. The predicted octanol–water partition coefficient (Wildman–Crippen LogP) is 3.32. The molecule has 0 atom stereocenters. The molecule has 1 heterocycles. The first-order valence-electron chi connectivity index (χ1n) is 9.14. The zero-order valence-corrected chi connectivity index (χ0v) is 14.7. The monoisotopic (exact) mass is 350 g/mol. The van der Waals surface area contributed by atoms with E-state index in [1.54, 1.807) is 4.90 Å². The molecule has 0 aromatic heterocycles. The average Bonchev–Trinajstić information content (AvgIpc) is 3.29. The second-order valence-corrected chi connectivity index (χ2v) is 6.82. The van der Waals surface area contributed by atoms with Crippen molar-refractivity contribution in [3.63, 3.8) is 0 Å². The number of ether oxygens (including phenoxy) is 1. The van der Waals surface area contributed by atoms with Crippen LogP contribution >= 0.6 is 0 Å². The molecule has 5 nitrogen and oxygen atoms in total. The number of hydrogen-bond acceptors (Lipinski definition) is 3. The number of hydrogen-bond donors (Lipinski definition) is 1. The fourth-order valence-corrected chi connectivity index (χ4v) is 3.63. The summed E-state index contributed by atoms with van der Waals surface area (Å²) in [4.78, 5) is 25.7. The van der Waals surface area contributed by atoms with Crippen LogP contribution in [0.1, 0.15) is 30.4 Å². The highest BCUT2D eigenvalue weighted by Crippen LogP contribution is 2.26. The third-order valence-electron chi connectivity index (χ3n) is 4.98. The molecule has 2 amide bonds. The third kappa shape index (κ3) is 3.57. The van der Waals surface area contributed by atoms with Crippen LogP contribution in [0.15, 0.2) is 42.5 Å². The molecule has 2 aromatic carbocycles. The SMILES string of the molecule is O=C(COc1ccc2c(c1)CCC2)Nc1ccc(N2CCCC2=O)cc1. The zero-order chi connectivity index (χ0) is 17.9. The number of rotatable bonds is 5. The van der Waals surface area contributed by atoms with E-state index in [9.17, 15) is 9.59 Å². The van der Waals surface area contributed by atoms with Crippen LogP contribution in [0.5, 0.6) is 5.75 Å². The van der Waals surface area contributed by atoms with Crippen LogP contribution in [-0.2, 0) is 22.4 Å². The molecule has 2 aromatic rings. The molecule has 4 rings (SSSR count). The molecule has 134 valence electrons. The molecule has 1 saturated heterocycles. The van der Waals surface area contributed by atoms with Crippen molar-refractivity contribution >= 4 is 23.2 Å². The molecule has 2 aliphatic rings. The normalized spacial score (nSPS) is 15.8. The maximum atomic E-state index is 12.1. The number of carbonyl (C=O) groups excluding carboxylic acids is 2. The molecule has 0 bridgehead atoms. The Hall–Kier alpha value is -2.82. The van der Waals surface area contributed by atoms with E-state index in [0.717, 1.165) is 37.2 Å². The van der Waals surface area contributed by atoms with Gasteiger partial charge in [0.25, 0.3) is 5.91 Å². The minimum atomic E-state index is -0.199. The summed E-state index contributed by atoms with van der Waals surface area (Å²) >= 11 is 0. The van der Waals surface area contributed by atoms with Crippen LogP contribution in [-0.4, -0.2) is 25.0 Å². The Labute approximate surface area is 153 Å². The summed E-state index contributed by atoms with van der Waals surface area (Å²) in [6.45, 7) is 0.740. The highest BCUT2D eigenvalue weighted by atomic mass is 16.5. The van der Waals surface area contributed by atoms with Crippen molar-refractivity contribution in [1.29, 1.82) is 0 Å². The second-order valence-electron chi connectivity index (χ2n) is 6.82. The number of aryl methyl sites for hydroxylation is 2. The van der Waals surface area contributed by atoms with Gasteiger partial charge in [-0.15, -0.1) is 0 Å². The molecule has 0 radical (unpaired) electrons. The number of benzene rings is 2. The third-order valence-corrected chi connectivity index (χ3v) is 4.98. The van der Waals surface area contributed by atoms with Crippen molar-refractivity contribution < 1.29 is 14.3 Å². The molecule has 0 unspecified atom stereocenters. The quantitative estimate of drug-likeness (QED) is 0.900. The van der Waals surface area contributed by atoms with Gasteiger partial charge < -0.3 is 15.0 Å². The summed E-state index contributed by atoms with van der Waals surface area (Å²) in [6, 6.07) is 13.4. The lowest BCUT2D eigenvalue weighted by molar-refractivity contribution is -0.118. The van der Waals surface area contributed by atoms with Crippen molar-refractivity contribution in [2.45, 2.75) is 32.1 Å². The summed E-state index contributed by atoms with van der Waals surface area (Å²) in [5.41, 5.74) is 4.29. The van der Waals surface area contributed by atoms with E-state index in [0.29, 0.717) is 12.1 Å².